The maximum atomic E-state index is 13.7. The molecule has 4 heteroatoms. The molecule has 0 saturated carbocycles. The maximum Gasteiger partial charge on any atom is 0.330 e. The molecule has 0 aliphatic carbocycles. The molecule has 0 heterocycles. The van der Waals surface area contributed by atoms with Gasteiger partial charge in [-0.15, -0.1) is 0 Å². The molecule has 1 unspecified atom stereocenters. The van der Waals surface area contributed by atoms with E-state index >= 15 is 0 Å². The highest BCUT2D eigenvalue weighted by Gasteiger charge is 2.30. The Balaban J connectivity index is 2.64. The van der Waals surface area contributed by atoms with Crippen LogP contribution in [0.2, 0.25) is 0 Å². The lowest BCUT2D eigenvalue weighted by Gasteiger charge is -2.20. The van der Waals surface area contributed by atoms with E-state index in [1.165, 1.54) is 32.1 Å². The van der Waals surface area contributed by atoms with Crippen molar-refractivity contribution >= 4 is 5.97 Å². The molecular weight excluding hydrogens is 250 g/mol. The Labute approximate surface area is 112 Å². The molecule has 0 radical (unpaired) electrons. The molecule has 0 aromatic heterocycles. The largest absolute Gasteiger partial charge is 0.458 e. The summed E-state index contributed by atoms with van der Waals surface area (Å²) in [6.07, 6.45) is 1.23. The Hall–Kier alpha value is -1.71. The van der Waals surface area contributed by atoms with E-state index in [2.05, 4.69) is 0 Å². The van der Waals surface area contributed by atoms with Gasteiger partial charge in [0, 0.05) is 6.08 Å². The van der Waals surface area contributed by atoms with Crippen molar-refractivity contribution in [1.29, 1.82) is 0 Å². The smallest absolute Gasteiger partial charge is 0.330 e. The van der Waals surface area contributed by atoms with Crippen molar-refractivity contribution in [3.05, 3.63) is 47.5 Å². The molecule has 1 rings (SSSR count). The zero-order chi connectivity index (χ0) is 14.5. The minimum absolute atomic E-state index is 0.111. The number of allylic oxidation sites excluding steroid dienone is 1. The van der Waals surface area contributed by atoms with Gasteiger partial charge < -0.3 is 4.74 Å². The number of carbonyl (C=O) groups is 1. The first-order valence-electron chi connectivity index (χ1n) is 6.06. The second-order valence-electron chi connectivity index (χ2n) is 4.78. The van der Waals surface area contributed by atoms with Crippen molar-refractivity contribution in [2.24, 2.45) is 0 Å². The van der Waals surface area contributed by atoms with Crippen molar-refractivity contribution in [3.63, 3.8) is 0 Å². The Kier molecular flexibility index (Phi) is 5.21. The van der Waals surface area contributed by atoms with E-state index < -0.39 is 17.8 Å². The monoisotopic (exact) mass is 268 g/mol. The lowest BCUT2D eigenvalue weighted by molar-refractivity contribution is -0.139. The first-order valence-corrected chi connectivity index (χ1v) is 6.06. The fraction of sp³-hybridized carbons (Fsp3) is 0.400. The minimum atomic E-state index is -1.92. The Morgan fingerprint density at radius 3 is 2.42 bits per heavy atom. The van der Waals surface area contributed by atoms with Gasteiger partial charge in [-0.3, -0.25) is 0 Å². The first kappa shape index (κ1) is 15.3. The van der Waals surface area contributed by atoms with Crippen LogP contribution in [-0.4, -0.2) is 11.6 Å². The molecule has 0 fully saturated rings. The van der Waals surface area contributed by atoms with Gasteiger partial charge in [0.05, 0.1) is 0 Å². The molecule has 104 valence electrons. The number of hydrogen-bond acceptors (Lipinski definition) is 2. The highest BCUT2D eigenvalue weighted by atomic mass is 19.2. The molecule has 19 heavy (non-hydrogen) atoms. The topological polar surface area (TPSA) is 26.3 Å². The lowest BCUT2D eigenvalue weighted by atomic mass is 9.97. The molecule has 1 aromatic carbocycles. The number of esters is 1. The third-order valence-corrected chi connectivity index (χ3v) is 2.56. The van der Waals surface area contributed by atoms with Gasteiger partial charge in [-0.2, -0.15) is 0 Å². The number of hydrogen-bond donors (Lipinski definition) is 0. The van der Waals surface area contributed by atoms with Crippen molar-refractivity contribution in [2.75, 3.05) is 0 Å². The van der Waals surface area contributed by atoms with Gasteiger partial charge in [0.2, 0.25) is 0 Å². The quantitative estimate of drug-likeness (QED) is 0.594. The zero-order valence-corrected chi connectivity index (χ0v) is 11.3. The normalized spacial score (nSPS) is 13.5. The second kappa shape index (κ2) is 6.45. The third-order valence-electron chi connectivity index (χ3n) is 2.56. The zero-order valence-electron chi connectivity index (χ0n) is 11.3. The molecule has 0 spiro atoms. The Bertz CT molecular complexity index is 444. The summed E-state index contributed by atoms with van der Waals surface area (Å²) >= 11 is 0. The number of alkyl halides is 2. The number of benzene rings is 1. The number of ether oxygens (including phenoxy) is 1. The SMILES string of the molecule is C/C=C/C(=O)OCc1ccc(C(F)C(C)(C)F)cc1. The molecule has 2 nitrogen and oxygen atoms in total. The standard InChI is InChI=1S/C15H18F2O2/c1-4-5-13(18)19-10-11-6-8-12(9-7-11)14(16)15(2,3)17/h4-9,14H,10H2,1-3H3/b5-4+. The van der Waals surface area contributed by atoms with E-state index in [4.69, 9.17) is 4.74 Å². The number of rotatable bonds is 5. The summed E-state index contributed by atoms with van der Waals surface area (Å²) in [4.78, 5) is 11.1. The van der Waals surface area contributed by atoms with Crippen LogP contribution < -0.4 is 0 Å². The lowest BCUT2D eigenvalue weighted by Crippen LogP contribution is -2.20. The summed E-state index contributed by atoms with van der Waals surface area (Å²) in [5.41, 5.74) is -0.915. The van der Waals surface area contributed by atoms with Gasteiger partial charge >= 0.3 is 5.97 Å². The summed E-state index contributed by atoms with van der Waals surface area (Å²) in [6, 6.07) is 6.25. The van der Waals surface area contributed by atoms with Gasteiger partial charge in [-0.25, -0.2) is 13.6 Å². The highest BCUT2D eigenvalue weighted by molar-refractivity contribution is 5.81. The molecule has 0 aliphatic heterocycles. The second-order valence-corrected chi connectivity index (χ2v) is 4.78. The molecule has 0 N–H and O–H groups in total. The van der Waals surface area contributed by atoms with Gasteiger partial charge in [0.1, 0.15) is 12.3 Å². The summed E-state index contributed by atoms with van der Waals surface area (Å²) < 4.78 is 32.1. The molecular formula is C15H18F2O2. The van der Waals surface area contributed by atoms with E-state index in [1.54, 1.807) is 25.1 Å². The van der Waals surface area contributed by atoms with E-state index in [0.29, 0.717) is 0 Å². The van der Waals surface area contributed by atoms with E-state index in [1.807, 2.05) is 0 Å². The summed E-state index contributed by atoms with van der Waals surface area (Å²) in [5, 5.41) is 0. The molecule has 0 amide bonds. The molecule has 0 aliphatic rings. The average molecular weight is 268 g/mol. The van der Waals surface area contributed by atoms with Gasteiger partial charge in [-0.05, 0) is 31.9 Å². The van der Waals surface area contributed by atoms with Crippen LogP contribution in [-0.2, 0) is 16.1 Å². The third kappa shape index (κ3) is 4.81. The van der Waals surface area contributed by atoms with Crippen LogP contribution in [0.3, 0.4) is 0 Å². The van der Waals surface area contributed by atoms with Crippen molar-refractivity contribution in [3.8, 4) is 0 Å². The molecule has 0 saturated heterocycles. The van der Waals surface area contributed by atoms with E-state index in [-0.39, 0.29) is 12.2 Å². The number of halogens is 2. The van der Waals surface area contributed by atoms with Crippen LogP contribution in [0.1, 0.15) is 38.1 Å². The van der Waals surface area contributed by atoms with Crippen LogP contribution >= 0.6 is 0 Å². The summed E-state index contributed by atoms with van der Waals surface area (Å²) in [7, 11) is 0. The molecule has 1 aromatic rings. The van der Waals surface area contributed by atoms with Crippen LogP contribution in [0, 0.1) is 0 Å². The van der Waals surface area contributed by atoms with Crippen LogP contribution in [0.5, 0.6) is 0 Å². The number of carbonyl (C=O) groups excluding carboxylic acids is 1. The molecule has 1 atom stereocenters. The summed E-state index contributed by atoms with van der Waals surface area (Å²) in [6.45, 7) is 4.23. The Morgan fingerprint density at radius 1 is 1.37 bits per heavy atom. The predicted octanol–water partition coefficient (Wildman–Crippen LogP) is 4.06. The van der Waals surface area contributed by atoms with Crippen molar-refractivity contribution < 1.29 is 18.3 Å². The van der Waals surface area contributed by atoms with Crippen molar-refractivity contribution in [2.45, 2.75) is 39.2 Å². The first-order chi connectivity index (χ1) is 8.84. The predicted molar refractivity (Wildman–Crippen MR) is 70.1 cm³/mol. The van der Waals surface area contributed by atoms with Crippen LogP contribution in [0.25, 0.3) is 0 Å². The van der Waals surface area contributed by atoms with Gasteiger partial charge in [0.15, 0.2) is 6.17 Å². The average Bonchev–Trinajstić information content (AvgIpc) is 2.35. The van der Waals surface area contributed by atoms with E-state index in [9.17, 15) is 13.6 Å². The summed E-state index contributed by atoms with van der Waals surface area (Å²) in [5.74, 6) is -0.431. The minimum Gasteiger partial charge on any atom is -0.458 e. The van der Waals surface area contributed by atoms with Gasteiger partial charge in [-0.1, -0.05) is 30.3 Å². The Morgan fingerprint density at radius 2 is 1.95 bits per heavy atom. The highest BCUT2D eigenvalue weighted by Crippen LogP contribution is 2.32. The maximum absolute atomic E-state index is 13.7. The van der Waals surface area contributed by atoms with Crippen LogP contribution in [0.4, 0.5) is 8.78 Å². The van der Waals surface area contributed by atoms with E-state index in [0.717, 1.165) is 5.56 Å². The fourth-order valence-corrected chi connectivity index (χ4v) is 1.52. The van der Waals surface area contributed by atoms with Crippen molar-refractivity contribution in [1.82, 2.24) is 0 Å². The molecule has 0 bridgehead atoms. The fourth-order valence-electron chi connectivity index (χ4n) is 1.52. The van der Waals surface area contributed by atoms with Crippen LogP contribution in [0.15, 0.2) is 36.4 Å². The van der Waals surface area contributed by atoms with Gasteiger partial charge in [0.25, 0.3) is 0 Å².